The molecular formula is C12H15N3O. The minimum Gasteiger partial charge on any atom is -0.350 e. The molecule has 0 aliphatic carbocycles. The molecule has 0 saturated carbocycles. The summed E-state index contributed by atoms with van der Waals surface area (Å²) in [5.41, 5.74) is 4.51. The van der Waals surface area contributed by atoms with Crippen molar-refractivity contribution in [3.8, 4) is 0 Å². The Morgan fingerprint density at radius 1 is 1.31 bits per heavy atom. The van der Waals surface area contributed by atoms with Gasteiger partial charge in [-0.15, -0.1) is 0 Å². The van der Waals surface area contributed by atoms with Crippen LogP contribution in [0.2, 0.25) is 0 Å². The lowest BCUT2D eigenvalue weighted by molar-refractivity contribution is 0.0858. The van der Waals surface area contributed by atoms with Crippen LogP contribution in [0.1, 0.15) is 10.4 Å². The molecule has 0 spiro atoms. The van der Waals surface area contributed by atoms with E-state index >= 15 is 0 Å². The third-order valence-electron chi connectivity index (χ3n) is 2.47. The molecule has 4 heteroatoms. The van der Waals surface area contributed by atoms with Gasteiger partial charge in [0.1, 0.15) is 0 Å². The fraction of sp³-hybridized carbons (Fsp3) is 0.250. The van der Waals surface area contributed by atoms with Gasteiger partial charge in [-0.05, 0) is 6.07 Å². The summed E-state index contributed by atoms with van der Waals surface area (Å²) in [4.78, 5) is 11.9. The summed E-state index contributed by atoms with van der Waals surface area (Å²) >= 11 is 0. The average molecular weight is 217 g/mol. The molecule has 0 saturated heterocycles. The quantitative estimate of drug-likeness (QED) is 0.772. The second-order valence-electron chi connectivity index (χ2n) is 4.01. The molecule has 1 aromatic carbocycles. The van der Waals surface area contributed by atoms with Crippen molar-refractivity contribution >= 4 is 16.8 Å². The molecule has 4 nitrogen and oxygen atoms in total. The number of nitrogens with zero attached hydrogens (tertiary/aromatic N) is 2. The number of amides is 1. The van der Waals surface area contributed by atoms with Crippen LogP contribution in [0.25, 0.3) is 10.9 Å². The summed E-state index contributed by atoms with van der Waals surface area (Å²) in [5.74, 6) is -0.0817. The van der Waals surface area contributed by atoms with Gasteiger partial charge in [0.2, 0.25) is 0 Å². The average Bonchev–Trinajstić information content (AvgIpc) is 2.56. The van der Waals surface area contributed by atoms with Crippen LogP contribution >= 0.6 is 0 Å². The first kappa shape index (κ1) is 10.7. The normalized spacial score (nSPS) is 11.0. The van der Waals surface area contributed by atoms with Crippen LogP contribution in [0.4, 0.5) is 0 Å². The van der Waals surface area contributed by atoms with E-state index in [-0.39, 0.29) is 5.91 Å². The van der Waals surface area contributed by atoms with Gasteiger partial charge in [-0.2, -0.15) is 0 Å². The fourth-order valence-corrected chi connectivity index (χ4v) is 1.79. The molecule has 2 aromatic rings. The Balaban J connectivity index is 2.49. The summed E-state index contributed by atoms with van der Waals surface area (Å²) in [7, 11) is 5.53. The third kappa shape index (κ3) is 1.79. The Labute approximate surface area is 94.4 Å². The van der Waals surface area contributed by atoms with E-state index in [9.17, 15) is 4.79 Å². The second-order valence-corrected chi connectivity index (χ2v) is 4.01. The SMILES string of the molecule is CN(C)NC(=O)c1cn(C)c2ccccc12. The van der Waals surface area contributed by atoms with Crippen LogP contribution in [-0.4, -0.2) is 29.6 Å². The van der Waals surface area contributed by atoms with Crippen molar-refractivity contribution in [2.24, 2.45) is 7.05 Å². The zero-order chi connectivity index (χ0) is 11.7. The van der Waals surface area contributed by atoms with Crippen LogP contribution in [0, 0.1) is 0 Å². The van der Waals surface area contributed by atoms with Crippen molar-refractivity contribution < 1.29 is 4.79 Å². The topological polar surface area (TPSA) is 37.3 Å². The molecule has 1 N–H and O–H groups in total. The van der Waals surface area contributed by atoms with E-state index < -0.39 is 0 Å². The van der Waals surface area contributed by atoms with E-state index in [1.807, 2.05) is 42.1 Å². The Morgan fingerprint density at radius 3 is 2.69 bits per heavy atom. The monoisotopic (exact) mass is 217 g/mol. The maximum Gasteiger partial charge on any atom is 0.267 e. The van der Waals surface area contributed by atoms with Crippen molar-refractivity contribution in [2.45, 2.75) is 0 Å². The number of fused-ring (bicyclic) bond motifs is 1. The molecular weight excluding hydrogens is 202 g/mol. The van der Waals surface area contributed by atoms with E-state index in [2.05, 4.69) is 5.43 Å². The smallest absolute Gasteiger partial charge is 0.267 e. The standard InChI is InChI=1S/C12H15N3O/c1-14(2)13-12(16)10-8-15(3)11-7-5-4-6-9(10)11/h4-8H,1-3H3,(H,13,16). The lowest BCUT2D eigenvalue weighted by Gasteiger charge is -2.10. The van der Waals surface area contributed by atoms with Gasteiger partial charge in [0, 0.05) is 38.2 Å². The first-order chi connectivity index (χ1) is 7.59. The number of hydrazine groups is 1. The van der Waals surface area contributed by atoms with Gasteiger partial charge in [0.15, 0.2) is 0 Å². The van der Waals surface area contributed by atoms with Crippen molar-refractivity contribution in [3.63, 3.8) is 0 Å². The maximum absolute atomic E-state index is 11.9. The van der Waals surface area contributed by atoms with Gasteiger partial charge in [-0.1, -0.05) is 18.2 Å². The van der Waals surface area contributed by atoms with E-state index in [1.54, 1.807) is 19.1 Å². The van der Waals surface area contributed by atoms with Crippen LogP contribution in [0.15, 0.2) is 30.5 Å². The van der Waals surface area contributed by atoms with Gasteiger partial charge >= 0.3 is 0 Å². The number of nitrogens with one attached hydrogen (secondary N) is 1. The van der Waals surface area contributed by atoms with Crippen LogP contribution < -0.4 is 5.43 Å². The first-order valence-electron chi connectivity index (χ1n) is 5.12. The highest BCUT2D eigenvalue weighted by atomic mass is 16.2. The number of carbonyl (C=O) groups is 1. The predicted molar refractivity (Wildman–Crippen MR) is 64.1 cm³/mol. The van der Waals surface area contributed by atoms with Gasteiger partial charge in [0.25, 0.3) is 5.91 Å². The highest BCUT2D eigenvalue weighted by molar-refractivity contribution is 6.06. The van der Waals surface area contributed by atoms with Gasteiger partial charge in [0.05, 0.1) is 5.56 Å². The lowest BCUT2D eigenvalue weighted by Crippen LogP contribution is -2.36. The molecule has 0 fully saturated rings. The number of hydrogen-bond acceptors (Lipinski definition) is 2. The van der Waals surface area contributed by atoms with Crippen molar-refractivity contribution in [1.29, 1.82) is 0 Å². The number of rotatable bonds is 2. The van der Waals surface area contributed by atoms with Gasteiger partial charge in [-0.25, -0.2) is 5.01 Å². The summed E-state index contributed by atoms with van der Waals surface area (Å²) in [6, 6.07) is 7.87. The fourth-order valence-electron chi connectivity index (χ4n) is 1.79. The Morgan fingerprint density at radius 2 is 2.00 bits per heavy atom. The largest absolute Gasteiger partial charge is 0.350 e. The molecule has 0 bridgehead atoms. The molecule has 0 aliphatic rings. The van der Waals surface area contributed by atoms with Gasteiger partial charge < -0.3 is 4.57 Å². The molecule has 1 aromatic heterocycles. The number of benzene rings is 1. The maximum atomic E-state index is 11.9. The highest BCUT2D eigenvalue weighted by Gasteiger charge is 2.13. The number of hydrogen-bond donors (Lipinski definition) is 1. The zero-order valence-corrected chi connectivity index (χ0v) is 9.69. The zero-order valence-electron chi connectivity index (χ0n) is 9.69. The van der Waals surface area contributed by atoms with E-state index in [1.165, 1.54) is 0 Å². The summed E-state index contributed by atoms with van der Waals surface area (Å²) in [6.07, 6.45) is 1.85. The number of para-hydroxylation sites is 1. The number of aromatic nitrogens is 1. The Hall–Kier alpha value is -1.81. The van der Waals surface area contributed by atoms with Crippen molar-refractivity contribution in [2.75, 3.05) is 14.1 Å². The number of carbonyl (C=O) groups excluding carboxylic acids is 1. The second kappa shape index (κ2) is 3.98. The first-order valence-corrected chi connectivity index (χ1v) is 5.12. The summed E-state index contributed by atoms with van der Waals surface area (Å²) in [5, 5.41) is 2.62. The molecule has 1 amide bonds. The molecule has 84 valence electrons. The summed E-state index contributed by atoms with van der Waals surface area (Å²) < 4.78 is 1.96. The van der Waals surface area contributed by atoms with Crippen molar-refractivity contribution in [3.05, 3.63) is 36.0 Å². The Bertz CT molecular complexity index is 528. The molecule has 2 rings (SSSR count). The van der Waals surface area contributed by atoms with E-state index in [4.69, 9.17) is 0 Å². The minimum atomic E-state index is -0.0817. The van der Waals surface area contributed by atoms with Crippen LogP contribution in [0.3, 0.4) is 0 Å². The number of aryl methyl sites for hydroxylation is 1. The molecule has 16 heavy (non-hydrogen) atoms. The van der Waals surface area contributed by atoms with E-state index in [0.29, 0.717) is 5.56 Å². The van der Waals surface area contributed by atoms with Gasteiger partial charge in [-0.3, -0.25) is 10.2 Å². The molecule has 1 heterocycles. The predicted octanol–water partition coefficient (Wildman–Crippen LogP) is 1.38. The minimum absolute atomic E-state index is 0.0817. The van der Waals surface area contributed by atoms with E-state index in [0.717, 1.165) is 10.9 Å². The van der Waals surface area contributed by atoms with Crippen LogP contribution in [0.5, 0.6) is 0 Å². The molecule has 0 atom stereocenters. The van der Waals surface area contributed by atoms with Crippen LogP contribution in [-0.2, 0) is 7.05 Å². The highest BCUT2D eigenvalue weighted by Crippen LogP contribution is 2.19. The summed E-state index contributed by atoms with van der Waals surface area (Å²) in [6.45, 7) is 0. The molecule has 0 radical (unpaired) electrons. The Kier molecular flexibility index (Phi) is 2.66. The third-order valence-corrected chi connectivity index (χ3v) is 2.47. The van der Waals surface area contributed by atoms with Crippen molar-refractivity contribution in [1.82, 2.24) is 15.0 Å². The molecule has 0 unspecified atom stereocenters. The lowest BCUT2D eigenvalue weighted by atomic mass is 10.2. The molecule has 0 aliphatic heterocycles.